The molecule has 2 amide bonds. The van der Waals surface area contributed by atoms with Crippen molar-refractivity contribution in [2.75, 3.05) is 10.6 Å². The van der Waals surface area contributed by atoms with Crippen molar-refractivity contribution >= 4 is 40.6 Å². The van der Waals surface area contributed by atoms with E-state index in [9.17, 15) is 9.90 Å². The molecule has 0 spiro atoms. The van der Waals surface area contributed by atoms with E-state index in [0.29, 0.717) is 21.4 Å². The molecule has 0 fully saturated rings. The molecule has 0 aliphatic rings. The molecule has 2 aromatic rings. The molecule has 6 heteroatoms. The van der Waals surface area contributed by atoms with Crippen LogP contribution in [0.4, 0.5) is 16.2 Å². The number of benzene rings is 2. The number of urea groups is 1. The number of anilines is 2. The number of aliphatic hydroxyl groups is 1. The summed E-state index contributed by atoms with van der Waals surface area (Å²) in [6.45, 7) is 1.66. The van der Waals surface area contributed by atoms with Gasteiger partial charge in [0.2, 0.25) is 0 Å². The number of carbonyl (C=O) groups excluding carboxylic acids is 1. The Morgan fingerprint density at radius 3 is 2.33 bits per heavy atom. The summed E-state index contributed by atoms with van der Waals surface area (Å²) in [5.74, 6) is 0. The molecule has 0 aliphatic carbocycles. The Morgan fingerprint density at radius 1 is 1.05 bits per heavy atom. The summed E-state index contributed by atoms with van der Waals surface area (Å²) in [5.41, 5.74) is 1.85. The van der Waals surface area contributed by atoms with E-state index in [-0.39, 0.29) is 0 Å². The van der Waals surface area contributed by atoms with Crippen LogP contribution in [-0.4, -0.2) is 11.1 Å². The van der Waals surface area contributed by atoms with E-state index < -0.39 is 12.1 Å². The zero-order valence-corrected chi connectivity index (χ0v) is 12.7. The second kappa shape index (κ2) is 6.80. The first-order valence-electron chi connectivity index (χ1n) is 6.27. The predicted octanol–water partition coefficient (Wildman–Crippen LogP) is 4.69. The molecule has 2 aromatic carbocycles. The number of hydrogen-bond donors (Lipinski definition) is 3. The number of hydrogen-bond acceptors (Lipinski definition) is 2. The second-order valence-electron chi connectivity index (χ2n) is 4.51. The van der Waals surface area contributed by atoms with E-state index in [0.717, 1.165) is 5.56 Å². The van der Waals surface area contributed by atoms with Crippen LogP contribution < -0.4 is 10.6 Å². The molecule has 1 atom stereocenters. The zero-order chi connectivity index (χ0) is 15.4. The van der Waals surface area contributed by atoms with Crippen molar-refractivity contribution in [3.8, 4) is 0 Å². The molecule has 1 unspecified atom stereocenters. The van der Waals surface area contributed by atoms with Gasteiger partial charge in [-0.2, -0.15) is 0 Å². The third kappa shape index (κ3) is 4.36. The van der Waals surface area contributed by atoms with Crippen LogP contribution in [0, 0.1) is 0 Å². The average Bonchev–Trinajstić information content (AvgIpc) is 2.43. The SMILES string of the molecule is CC(O)c1cccc(NC(=O)Nc2ccc(Cl)c(Cl)c2)c1. The van der Waals surface area contributed by atoms with Gasteiger partial charge in [0.25, 0.3) is 0 Å². The molecular formula is C15H14Cl2N2O2. The van der Waals surface area contributed by atoms with Gasteiger partial charge < -0.3 is 15.7 Å². The molecule has 3 N–H and O–H groups in total. The Labute approximate surface area is 132 Å². The fraction of sp³-hybridized carbons (Fsp3) is 0.133. The minimum absolute atomic E-state index is 0.366. The molecule has 0 aromatic heterocycles. The summed E-state index contributed by atoms with van der Waals surface area (Å²) in [6.07, 6.45) is -0.593. The summed E-state index contributed by atoms with van der Waals surface area (Å²) in [6, 6.07) is 11.4. The van der Waals surface area contributed by atoms with Crippen LogP contribution in [0.15, 0.2) is 42.5 Å². The number of halogens is 2. The van der Waals surface area contributed by atoms with Gasteiger partial charge in [-0.3, -0.25) is 0 Å². The summed E-state index contributed by atoms with van der Waals surface area (Å²) in [4.78, 5) is 11.9. The van der Waals surface area contributed by atoms with E-state index in [1.54, 1.807) is 49.4 Å². The summed E-state index contributed by atoms with van der Waals surface area (Å²) in [7, 11) is 0. The van der Waals surface area contributed by atoms with Crippen molar-refractivity contribution < 1.29 is 9.90 Å². The smallest absolute Gasteiger partial charge is 0.323 e. The first-order chi connectivity index (χ1) is 9.95. The molecule has 0 radical (unpaired) electrons. The van der Waals surface area contributed by atoms with Crippen LogP contribution in [0.3, 0.4) is 0 Å². The van der Waals surface area contributed by atoms with E-state index in [4.69, 9.17) is 23.2 Å². The van der Waals surface area contributed by atoms with Crippen LogP contribution in [0.2, 0.25) is 10.0 Å². The molecule has 2 rings (SSSR count). The fourth-order valence-electron chi connectivity index (χ4n) is 1.74. The Morgan fingerprint density at radius 2 is 1.71 bits per heavy atom. The van der Waals surface area contributed by atoms with E-state index in [2.05, 4.69) is 10.6 Å². The highest BCUT2D eigenvalue weighted by atomic mass is 35.5. The standard InChI is InChI=1S/C15H14Cl2N2O2/c1-9(20)10-3-2-4-11(7-10)18-15(21)19-12-5-6-13(16)14(17)8-12/h2-9,20H,1H3,(H2,18,19,21). The molecule has 0 aliphatic heterocycles. The summed E-state index contributed by atoms with van der Waals surface area (Å²) < 4.78 is 0. The number of aliphatic hydroxyl groups excluding tert-OH is 1. The quantitative estimate of drug-likeness (QED) is 0.766. The van der Waals surface area contributed by atoms with Crippen molar-refractivity contribution in [3.63, 3.8) is 0 Å². The molecule has 0 heterocycles. The van der Waals surface area contributed by atoms with Crippen LogP contribution in [0.1, 0.15) is 18.6 Å². The lowest BCUT2D eigenvalue weighted by Crippen LogP contribution is -2.19. The molecule has 21 heavy (non-hydrogen) atoms. The Hall–Kier alpha value is -1.75. The Kier molecular flexibility index (Phi) is 5.07. The van der Waals surface area contributed by atoms with Crippen LogP contribution in [0.5, 0.6) is 0 Å². The third-order valence-corrected chi connectivity index (χ3v) is 3.54. The highest BCUT2D eigenvalue weighted by Crippen LogP contribution is 2.25. The number of carbonyl (C=O) groups is 1. The van der Waals surface area contributed by atoms with Gasteiger partial charge in [0.05, 0.1) is 16.1 Å². The van der Waals surface area contributed by atoms with Crippen molar-refractivity contribution in [2.24, 2.45) is 0 Å². The second-order valence-corrected chi connectivity index (χ2v) is 5.32. The van der Waals surface area contributed by atoms with Crippen molar-refractivity contribution in [2.45, 2.75) is 13.0 Å². The monoisotopic (exact) mass is 324 g/mol. The lowest BCUT2D eigenvalue weighted by molar-refractivity contribution is 0.199. The first kappa shape index (κ1) is 15.6. The highest BCUT2D eigenvalue weighted by Gasteiger charge is 2.06. The van der Waals surface area contributed by atoms with Gasteiger partial charge in [0.1, 0.15) is 0 Å². The van der Waals surface area contributed by atoms with Gasteiger partial charge in [-0.05, 0) is 42.8 Å². The molecule has 110 valence electrons. The number of amides is 2. The Balaban J connectivity index is 2.04. The van der Waals surface area contributed by atoms with Gasteiger partial charge in [-0.1, -0.05) is 35.3 Å². The normalized spacial score (nSPS) is 11.8. The van der Waals surface area contributed by atoms with Gasteiger partial charge in [0.15, 0.2) is 0 Å². The molecule has 0 saturated carbocycles. The molecule has 4 nitrogen and oxygen atoms in total. The minimum atomic E-state index is -0.593. The number of rotatable bonds is 3. The molecule has 0 saturated heterocycles. The van der Waals surface area contributed by atoms with E-state index in [1.165, 1.54) is 0 Å². The summed E-state index contributed by atoms with van der Waals surface area (Å²) >= 11 is 11.7. The first-order valence-corrected chi connectivity index (χ1v) is 7.02. The van der Waals surface area contributed by atoms with Gasteiger partial charge in [-0.25, -0.2) is 4.79 Å². The van der Waals surface area contributed by atoms with E-state index >= 15 is 0 Å². The molecular weight excluding hydrogens is 311 g/mol. The van der Waals surface area contributed by atoms with Gasteiger partial charge in [0, 0.05) is 11.4 Å². The highest BCUT2D eigenvalue weighted by molar-refractivity contribution is 6.42. The maximum absolute atomic E-state index is 11.9. The lowest BCUT2D eigenvalue weighted by Gasteiger charge is -2.10. The number of nitrogens with one attached hydrogen (secondary N) is 2. The van der Waals surface area contributed by atoms with Crippen LogP contribution in [0.25, 0.3) is 0 Å². The van der Waals surface area contributed by atoms with Crippen molar-refractivity contribution in [3.05, 3.63) is 58.1 Å². The van der Waals surface area contributed by atoms with Crippen molar-refractivity contribution in [1.82, 2.24) is 0 Å². The van der Waals surface area contributed by atoms with Crippen LogP contribution >= 0.6 is 23.2 Å². The van der Waals surface area contributed by atoms with E-state index in [1.807, 2.05) is 0 Å². The molecule has 0 bridgehead atoms. The van der Waals surface area contributed by atoms with Gasteiger partial charge >= 0.3 is 6.03 Å². The maximum atomic E-state index is 11.9. The van der Waals surface area contributed by atoms with Crippen molar-refractivity contribution in [1.29, 1.82) is 0 Å². The van der Waals surface area contributed by atoms with Gasteiger partial charge in [-0.15, -0.1) is 0 Å². The summed E-state index contributed by atoms with van der Waals surface area (Å²) in [5, 5.41) is 15.6. The minimum Gasteiger partial charge on any atom is -0.389 e. The Bertz CT molecular complexity index is 660. The zero-order valence-electron chi connectivity index (χ0n) is 11.2. The third-order valence-electron chi connectivity index (χ3n) is 2.80. The maximum Gasteiger partial charge on any atom is 0.323 e. The average molecular weight is 325 g/mol. The predicted molar refractivity (Wildman–Crippen MR) is 86.2 cm³/mol. The fourth-order valence-corrected chi connectivity index (χ4v) is 2.04. The van der Waals surface area contributed by atoms with Crippen LogP contribution in [-0.2, 0) is 0 Å². The lowest BCUT2D eigenvalue weighted by atomic mass is 10.1. The topological polar surface area (TPSA) is 61.4 Å². The largest absolute Gasteiger partial charge is 0.389 e.